The Bertz CT molecular complexity index is 482. The molecule has 0 aliphatic rings. The number of hydrogen-bond acceptors (Lipinski definition) is 3. The lowest BCUT2D eigenvalue weighted by molar-refractivity contribution is 0.908. The Morgan fingerprint density at radius 3 is 2.92 bits per heavy atom. The van der Waals surface area contributed by atoms with E-state index in [1.54, 1.807) is 6.92 Å². The summed E-state index contributed by atoms with van der Waals surface area (Å²) in [5.41, 5.74) is 1.20. The summed E-state index contributed by atoms with van der Waals surface area (Å²) in [4.78, 5) is 21.9. The molecule has 0 aliphatic carbocycles. The van der Waals surface area contributed by atoms with Crippen LogP contribution in [0.15, 0.2) is 11.1 Å². The second-order valence-electron chi connectivity index (χ2n) is 2.61. The molecule has 5 nitrogen and oxygen atoms in total. The lowest BCUT2D eigenvalue weighted by Gasteiger charge is -1.91. The number of aryl methyl sites for hydroxylation is 2. The highest BCUT2D eigenvalue weighted by Gasteiger charge is 2.06. The highest BCUT2D eigenvalue weighted by Crippen LogP contribution is 2.03. The SMILES string of the molecule is Cc1nc(C)n2c(=O)[nH]cnc12. The average Bonchev–Trinajstić information content (AvgIpc) is 2.29. The maximum absolute atomic E-state index is 11.2. The van der Waals surface area contributed by atoms with Gasteiger partial charge >= 0.3 is 5.69 Å². The lowest BCUT2D eigenvalue weighted by atomic mass is 10.5. The van der Waals surface area contributed by atoms with Gasteiger partial charge in [0.05, 0.1) is 12.0 Å². The predicted octanol–water partition coefficient (Wildman–Crippen LogP) is 0.0344. The van der Waals surface area contributed by atoms with Gasteiger partial charge in [-0.05, 0) is 13.8 Å². The number of imidazole rings is 1. The molecular formula is C7H8N4O. The summed E-state index contributed by atoms with van der Waals surface area (Å²) >= 11 is 0. The molecule has 0 amide bonds. The predicted molar refractivity (Wildman–Crippen MR) is 43.1 cm³/mol. The Kier molecular flexibility index (Phi) is 1.27. The van der Waals surface area contributed by atoms with Crippen LogP contribution in [0.4, 0.5) is 0 Å². The smallest absolute Gasteiger partial charge is 0.298 e. The van der Waals surface area contributed by atoms with E-state index in [2.05, 4.69) is 15.0 Å². The number of aromatic nitrogens is 4. The van der Waals surface area contributed by atoms with Crippen LogP contribution in [0.25, 0.3) is 5.65 Å². The zero-order chi connectivity index (χ0) is 8.72. The third kappa shape index (κ3) is 0.761. The minimum absolute atomic E-state index is 0.196. The summed E-state index contributed by atoms with van der Waals surface area (Å²) in [5.74, 6) is 0.664. The highest BCUT2D eigenvalue weighted by atomic mass is 16.1. The van der Waals surface area contributed by atoms with Crippen LogP contribution in [-0.2, 0) is 0 Å². The van der Waals surface area contributed by atoms with E-state index >= 15 is 0 Å². The summed E-state index contributed by atoms with van der Waals surface area (Å²) < 4.78 is 1.45. The molecule has 0 atom stereocenters. The molecule has 5 heteroatoms. The van der Waals surface area contributed by atoms with Gasteiger partial charge in [-0.3, -0.25) is 4.98 Å². The van der Waals surface area contributed by atoms with Gasteiger partial charge in [0, 0.05) is 0 Å². The first-order valence-corrected chi connectivity index (χ1v) is 3.59. The molecule has 0 aromatic carbocycles. The average molecular weight is 164 g/mol. The number of rotatable bonds is 0. The summed E-state index contributed by atoms with van der Waals surface area (Å²) in [5, 5.41) is 0. The van der Waals surface area contributed by atoms with E-state index in [-0.39, 0.29) is 5.69 Å². The van der Waals surface area contributed by atoms with Crippen molar-refractivity contribution in [2.24, 2.45) is 0 Å². The molecule has 2 rings (SSSR count). The van der Waals surface area contributed by atoms with Crippen LogP contribution in [0.5, 0.6) is 0 Å². The summed E-state index contributed by atoms with van der Waals surface area (Å²) in [7, 11) is 0. The fraction of sp³-hybridized carbons (Fsp3) is 0.286. The molecule has 0 aliphatic heterocycles. The zero-order valence-corrected chi connectivity index (χ0v) is 6.83. The van der Waals surface area contributed by atoms with E-state index in [1.165, 1.54) is 10.7 Å². The van der Waals surface area contributed by atoms with E-state index in [9.17, 15) is 4.79 Å². The summed E-state index contributed by atoms with van der Waals surface area (Å²) in [6.07, 6.45) is 1.38. The van der Waals surface area contributed by atoms with Crippen LogP contribution in [0.1, 0.15) is 11.5 Å². The van der Waals surface area contributed by atoms with Crippen LogP contribution in [-0.4, -0.2) is 19.4 Å². The molecule has 0 fully saturated rings. The first-order chi connectivity index (χ1) is 5.70. The summed E-state index contributed by atoms with van der Waals surface area (Å²) in [6, 6.07) is 0. The molecule has 62 valence electrons. The molecule has 0 saturated carbocycles. The van der Waals surface area contributed by atoms with Crippen LogP contribution >= 0.6 is 0 Å². The van der Waals surface area contributed by atoms with Crippen molar-refractivity contribution < 1.29 is 0 Å². The maximum atomic E-state index is 11.2. The molecule has 0 radical (unpaired) electrons. The molecule has 1 N–H and O–H groups in total. The molecule has 0 spiro atoms. The molecule has 0 saturated heterocycles. The Balaban J connectivity index is 3.09. The van der Waals surface area contributed by atoms with E-state index < -0.39 is 0 Å². The maximum Gasteiger partial charge on any atom is 0.333 e. The summed E-state index contributed by atoms with van der Waals surface area (Å²) in [6.45, 7) is 3.60. The van der Waals surface area contributed by atoms with Crippen molar-refractivity contribution >= 4 is 5.65 Å². The Morgan fingerprint density at radius 1 is 1.50 bits per heavy atom. The van der Waals surface area contributed by atoms with Gasteiger partial charge < -0.3 is 0 Å². The third-order valence-electron chi connectivity index (χ3n) is 1.77. The van der Waals surface area contributed by atoms with Gasteiger partial charge in [0.2, 0.25) is 0 Å². The van der Waals surface area contributed by atoms with Gasteiger partial charge in [-0.25, -0.2) is 19.2 Å². The van der Waals surface area contributed by atoms with Gasteiger partial charge in [0.25, 0.3) is 0 Å². The van der Waals surface area contributed by atoms with Crippen LogP contribution < -0.4 is 5.69 Å². The number of nitrogens with one attached hydrogen (secondary N) is 1. The minimum atomic E-state index is -0.196. The molecular weight excluding hydrogens is 156 g/mol. The normalized spacial score (nSPS) is 10.8. The van der Waals surface area contributed by atoms with E-state index in [1.807, 2.05) is 6.92 Å². The van der Waals surface area contributed by atoms with Gasteiger partial charge in [-0.1, -0.05) is 0 Å². The van der Waals surface area contributed by atoms with Gasteiger partial charge in [0.15, 0.2) is 5.65 Å². The van der Waals surface area contributed by atoms with Gasteiger partial charge in [0.1, 0.15) is 5.82 Å². The van der Waals surface area contributed by atoms with Gasteiger partial charge in [-0.2, -0.15) is 0 Å². The molecule has 2 aromatic heterocycles. The zero-order valence-electron chi connectivity index (χ0n) is 6.83. The quantitative estimate of drug-likeness (QED) is 0.597. The largest absolute Gasteiger partial charge is 0.333 e. The molecule has 2 aromatic rings. The Labute approximate surface area is 68.1 Å². The van der Waals surface area contributed by atoms with E-state index in [0.29, 0.717) is 11.5 Å². The number of aromatic amines is 1. The highest BCUT2D eigenvalue weighted by molar-refractivity contribution is 5.43. The molecule has 12 heavy (non-hydrogen) atoms. The monoisotopic (exact) mass is 164 g/mol. The molecule has 0 bridgehead atoms. The number of hydrogen-bond donors (Lipinski definition) is 1. The third-order valence-corrected chi connectivity index (χ3v) is 1.77. The van der Waals surface area contributed by atoms with E-state index in [4.69, 9.17) is 0 Å². The van der Waals surface area contributed by atoms with Crippen LogP contribution in [0, 0.1) is 13.8 Å². The van der Waals surface area contributed by atoms with Crippen molar-refractivity contribution in [3.05, 3.63) is 28.3 Å². The van der Waals surface area contributed by atoms with Crippen LogP contribution in [0.3, 0.4) is 0 Å². The van der Waals surface area contributed by atoms with Crippen LogP contribution in [0.2, 0.25) is 0 Å². The first kappa shape index (κ1) is 7.02. The fourth-order valence-corrected chi connectivity index (χ4v) is 1.27. The number of nitrogens with zero attached hydrogens (tertiary/aromatic N) is 3. The Morgan fingerprint density at radius 2 is 2.25 bits per heavy atom. The van der Waals surface area contributed by atoms with Gasteiger partial charge in [-0.15, -0.1) is 0 Å². The van der Waals surface area contributed by atoms with Crippen molar-refractivity contribution in [3.63, 3.8) is 0 Å². The van der Waals surface area contributed by atoms with Crippen molar-refractivity contribution in [2.75, 3.05) is 0 Å². The fourth-order valence-electron chi connectivity index (χ4n) is 1.27. The van der Waals surface area contributed by atoms with Crippen molar-refractivity contribution in [1.29, 1.82) is 0 Å². The number of H-pyrrole nitrogens is 1. The second-order valence-corrected chi connectivity index (χ2v) is 2.61. The van der Waals surface area contributed by atoms with Crippen molar-refractivity contribution in [1.82, 2.24) is 19.4 Å². The molecule has 0 unspecified atom stereocenters. The van der Waals surface area contributed by atoms with E-state index in [0.717, 1.165) is 5.69 Å². The lowest BCUT2D eigenvalue weighted by Crippen LogP contribution is -2.17. The minimum Gasteiger partial charge on any atom is -0.298 e. The molecule has 2 heterocycles. The number of fused-ring (bicyclic) bond motifs is 1. The Hall–Kier alpha value is -1.65. The topological polar surface area (TPSA) is 63.1 Å². The van der Waals surface area contributed by atoms with Crippen molar-refractivity contribution in [3.8, 4) is 0 Å². The second kappa shape index (κ2) is 2.17. The first-order valence-electron chi connectivity index (χ1n) is 3.59. The standard InChI is InChI=1S/C7H8N4O/c1-4-6-8-3-9-7(12)11(6)5(2)10-4/h3H,1-2H3,(H,8,9,12). The van der Waals surface area contributed by atoms with Crippen molar-refractivity contribution in [2.45, 2.75) is 13.8 Å².